The molecule has 1 aromatic rings. The van der Waals surface area contributed by atoms with Gasteiger partial charge in [0.2, 0.25) is 5.91 Å². The molecule has 5 nitrogen and oxygen atoms in total. The predicted molar refractivity (Wildman–Crippen MR) is 85.2 cm³/mol. The van der Waals surface area contributed by atoms with E-state index in [0.717, 1.165) is 22.4 Å². The van der Waals surface area contributed by atoms with Crippen LogP contribution < -0.4 is 10.1 Å². The van der Waals surface area contributed by atoms with E-state index in [1.807, 2.05) is 39.8 Å². The van der Waals surface area contributed by atoms with Gasteiger partial charge in [-0.15, -0.1) is 0 Å². The lowest BCUT2D eigenvalue weighted by atomic mass is 9.98. The number of aryl methyl sites for hydroxylation is 2. The van der Waals surface area contributed by atoms with Gasteiger partial charge in [-0.1, -0.05) is 13.8 Å². The third kappa shape index (κ3) is 5.06. The molecule has 0 unspecified atom stereocenters. The fourth-order valence-corrected chi connectivity index (χ4v) is 2.45. The average Bonchev–Trinajstić information content (AvgIpc) is 2.41. The molecular weight excluding hydrogens is 282 g/mol. The number of carbonyl (C=O) groups excluding carboxylic acids is 1. The Balaban J connectivity index is 2.82. The summed E-state index contributed by atoms with van der Waals surface area (Å²) in [6.07, 6.45) is 0.588. The van der Waals surface area contributed by atoms with Crippen LogP contribution in [0.5, 0.6) is 5.75 Å². The van der Waals surface area contributed by atoms with Crippen LogP contribution in [0.2, 0.25) is 0 Å². The van der Waals surface area contributed by atoms with E-state index in [0.29, 0.717) is 6.42 Å². The van der Waals surface area contributed by atoms with Crippen molar-refractivity contribution in [3.63, 3.8) is 0 Å². The zero-order chi connectivity index (χ0) is 16.9. The topological polar surface area (TPSA) is 75.6 Å². The van der Waals surface area contributed by atoms with Crippen LogP contribution in [0.15, 0.2) is 12.1 Å². The second kappa shape index (κ2) is 7.82. The highest BCUT2D eigenvalue weighted by Gasteiger charge is 2.21. The molecule has 1 aromatic carbocycles. The predicted octanol–water partition coefficient (Wildman–Crippen LogP) is 2.47. The smallest absolute Gasteiger partial charge is 0.326 e. The van der Waals surface area contributed by atoms with Crippen LogP contribution in [0.3, 0.4) is 0 Å². The molecule has 0 saturated heterocycles. The van der Waals surface area contributed by atoms with Crippen LogP contribution in [-0.2, 0) is 16.0 Å². The molecule has 5 heteroatoms. The molecule has 0 spiro atoms. The summed E-state index contributed by atoms with van der Waals surface area (Å²) in [4.78, 5) is 23.4. The Kier molecular flexibility index (Phi) is 6.40. The Bertz CT molecular complexity index is 529. The lowest BCUT2D eigenvalue weighted by molar-refractivity contribution is -0.142. The number of amides is 1. The maximum atomic E-state index is 12.2. The van der Waals surface area contributed by atoms with Gasteiger partial charge in [0.05, 0.1) is 13.5 Å². The first-order valence-electron chi connectivity index (χ1n) is 7.40. The molecule has 0 bridgehead atoms. The van der Waals surface area contributed by atoms with Gasteiger partial charge in [-0.3, -0.25) is 4.79 Å². The first-order valence-corrected chi connectivity index (χ1v) is 7.40. The summed E-state index contributed by atoms with van der Waals surface area (Å²) in [5.41, 5.74) is 2.83. The Hall–Kier alpha value is -2.04. The molecule has 0 fully saturated rings. The van der Waals surface area contributed by atoms with Crippen molar-refractivity contribution in [2.24, 2.45) is 5.92 Å². The molecule has 0 aromatic heterocycles. The number of carboxylic acid groups (broad SMARTS) is 1. The standard InChI is InChI=1S/C17H25NO4/c1-10(2)6-15(17(20)21)18-16(19)9-14-11(3)7-13(22-5)8-12(14)4/h7-8,10,15H,6,9H2,1-5H3,(H,18,19)(H,20,21)/t15-/m0/s1. The van der Waals surface area contributed by atoms with E-state index in [2.05, 4.69) is 5.32 Å². The SMILES string of the molecule is COc1cc(C)c(CC(=O)N[C@@H](CC(C)C)C(=O)O)c(C)c1. The monoisotopic (exact) mass is 307 g/mol. The lowest BCUT2D eigenvalue weighted by Gasteiger charge is -2.18. The maximum absolute atomic E-state index is 12.2. The highest BCUT2D eigenvalue weighted by molar-refractivity contribution is 5.85. The van der Waals surface area contributed by atoms with Crippen molar-refractivity contribution in [1.29, 1.82) is 0 Å². The molecule has 0 radical (unpaired) electrons. The quantitative estimate of drug-likeness (QED) is 0.811. The summed E-state index contributed by atoms with van der Waals surface area (Å²) < 4.78 is 5.20. The molecule has 0 aliphatic carbocycles. The van der Waals surface area contributed by atoms with Gasteiger partial charge in [0.1, 0.15) is 11.8 Å². The van der Waals surface area contributed by atoms with Crippen LogP contribution >= 0.6 is 0 Å². The fourth-order valence-electron chi connectivity index (χ4n) is 2.45. The number of carboxylic acids is 1. The minimum Gasteiger partial charge on any atom is -0.497 e. The molecule has 1 atom stereocenters. The molecule has 0 saturated carbocycles. The number of ether oxygens (including phenoxy) is 1. The van der Waals surface area contributed by atoms with Gasteiger partial charge >= 0.3 is 5.97 Å². The number of hydrogen-bond donors (Lipinski definition) is 2. The van der Waals surface area contributed by atoms with Gasteiger partial charge in [0, 0.05) is 0 Å². The van der Waals surface area contributed by atoms with Crippen molar-refractivity contribution in [2.75, 3.05) is 7.11 Å². The number of rotatable bonds is 7. The number of aliphatic carboxylic acids is 1. The van der Waals surface area contributed by atoms with E-state index in [-0.39, 0.29) is 18.2 Å². The molecule has 1 amide bonds. The van der Waals surface area contributed by atoms with Crippen LogP contribution in [0, 0.1) is 19.8 Å². The van der Waals surface area contributed by atoms with E-state index >= 15 is 0 Å². The Morgan fingerprint density at radius 2 is 1.77 bits per heavy atom. The van der Waals surface area contributed by atoms with Gasteiger partial charge in [-0.25, -0.2) is 4.79 Å². The number of carbonyl (C=O) groups is 2. The van der Waals surface area contributed by atoms with Crippen molar-refractivity contribution in [1.82, 2.24) is 5.32 Å². The van der Waals surface area contributed by atoms with Crippen LogP contribution in [0.25, 0.3) is 0 Å². The average molecular weight is 307 g/mol. The van der Waals surface area contributed by atoms with Crippen LogP contribution in [0.1, 0.15) is 37.0 Å². The first-order chi connectivity index (χ1) is 10.2. The minimum atomic E-state index is -0.995. The Morgan fingerprint density at radius 1 is 1.23 bits per heavy atom. The molecule has 122 valence electrons. The highest BCUT2D eigenvalue weighted by Crippen LogP contribution is 2.22. The Morgan fingerprint density at radius 3 is 2.18 bits per heavy atom. The number of benzene rings is 1. The van der Waals surface area contributed by atoms with Gasteiger partial charge in [0.15, 0.2) is 0 Å². The van der Waals surface area contributed by atoms with Gasteiger partial charge < -0.3 is 15.2 Å². The first kappa shape index (κ1) is 18.0. The lowest BCUT2D eigenvalue weighted by Crippen LogP contribution is -2.42. The maximum Gasteiger partial charge on any atom is 0.326 e. The van der Waals surface area contributed by atoms with Crippen LogP contribution in [0.4, 0.5) is 0 Å². The van der Waals surface area contributed by atoms with Crippen molar-refractivity contribution in [3.8, 4) is 5.75 Å². The molecule has 1 rings (SSSR count). The number of methoxy groups -OCH3 is 1. The molecular formula is C17H25NO4. The number of nitrogens with one attached hydrogen (secondary N) is 1. The van der Waals surface area contributed by atoms with E-state index < -0.39 is 12.0 Å². The Labute approximate surface area is 131 Å². The van der Waals surface area contributed by atoms with E-state index in [1.54, 1.807) is 7.11 Å². The molecule has 0 aliphatic rings. The van der Waals surface area contributed by atoms with Gasteiger partial charge in [-0.2, -0.15) is 0 Å². The largest absolute Gasteiger partial charge is 0.497 e. The molecule has 0 heterocycles. The van der Waals surface area contributed by atoms with Gasteiger partial charge in [0.25, 0.3) is 0 Å². The van der Waals surface area contributed by atoms with Crippen LogP contribution in [-0.4, -0.2) is 30.1 Å². The normalized spacial score (nSPS) is 12.1. The molecule has 0 aliphatic heterocycles. The van der Waals surface area contributed by atoms with E-state index in [9.17, 15) is 14.7 Å². The van der Waals surface area contributed by atoms with Crippen molar-refractivity contribution in [3.05, 3.63) is 28.8 Å². The van der Waals surface area contributed by atoms with Crippen molar-refractivity contribution in [2.45, 2.75) is 46.6 Å². The number of hydrogen-bond acceptors (Lipinski definition) is 3. The third-order valence-corrected chi connectivity index (χ3v) is 3.58. The summed E-state index contributed by atoms with van der Waals surface area (Å²) in [5.74, 6) is -0.317. The zero-order valence-corrected chi connectivity index (χ0v) is 13.9. The molecule has 2 N–H and O–H groups in total. The second-order valence-electron chi connectivity index (χ2n) is 6.00. The van der Waals surface area contributed by atoms with Gasteiger partial charge in [-0.05, 0) is 55.0 Å². The summed E-state index contributed by atoms with van der Waals surface area (Å²) >= 11 is 0. The van der Waals surface area contributed by atoms with Crippen molar-refractivity contribution < 1.29 is 19.4 Å². The summed E-state index contributed by atoms with van der Waals surface area (Å²) in [5, 5.41) is 11.8. The minimum absolute atomic E-state index is 0.170. The van der Waals surface area contributed by atoms with E-state index in [1.165, 1.54) is 0 Å². The van der Waals surface area contributed by atoms with Crippen molar-refractivity contribution >= 4 is 11.9 Å². The molecule has 22 heavy (non-hydrogen) atoms. The fraction of sp³-hybridized carbons (Fsp3) is 0.529. The summed E-state index contributed by atoms with van der Waals surface area (Å²) in [7, 11) is 1.60. The summed E-state index contributed by atoms with van der Waals surface area (Å²) in [6, 6.07) is 2.91. The highest BCUT2D eigenvalue weighted by atomic mass is 16.5. The van der Waals surface area contributed by atoms with E-state index in [4.69, 9.17) is 4.74 Å². The third-order valence-electron chi connectivity index (χ3n) is 3.58. The zero-order valence-electron chi connectivity index (χ0n) is 13.9. The summed E-state index contributed by atoms with van der Waals surface area (Å²) in [6.45, 7) is 7.70. The second-order valence-corrected chi connectivity index (χ2v) is 6.00.